The van der Waals surface area contributed by atoms with E-state index in [4.69, 9.17) is 4.74 Å². The van der Waals surface area contributed by atoms with E-state index in [1.165, 1.54) is 11.1 Å². The molecule has 4 heteroatoms. The topological polar surface area (TPSA) is 62.1 Å². The molecular weight excluding hydrogens is 264 g/mol. The molecule has 1 fully saturated rings. The van der Waals surface area contributed by atoms with Crippen molar-refractivity contribution in [2.45, 2.75) is 39.7 Å². The van der Waals surface area contributed by atoms with Crippen LogP contribution in [0.1, 0.15) is 42.5 Å². The Morgan fingerprint density at radius 1 is 1.38 bits per heavy atom. The van der Waals surface area contributed by atoms with Gasteiger partial charge in [-0.25, -0.2) is 0 Å². The number of hydrogen-bond acceptors (Lipinski definition) is 3. The van der Waals surface area contributed by atoms with E-state index in [2.05, 4.69) is 31.3 Å². The molecule has 0 unspecified atom stereocenters. The van der Waals surface area contributed by atoms with E-state index in [-0.39, 0.29) is 11.9 Å². The van der Waals surface area contributed by atoms with Crippen LogP contribution in [0.3, 0.4) is 0 Å². The van der Waals surface area contributed by atoms with Crippen LogP contribution in [-0.4, -0.2) is 19.1 Å². The van der Waals surface area contributed by atoms with Crippen molar-refractivity contribution in [1.82, 2.24) is 5.32 Å². The van der Waals surface area contributed by atoms with Crippen LogP contribution in [0, 0.1) is 30.6 Å². The van der Waals surface area contributed by atoms with Crippen LogP contribution in [0.5, 0.6) is 0 Å². The third-order valence-electron chi connectivity index (χ3n) is 4.46. The summed E-state index contributed by atoms with van der Waals surface area (Å²) >= 11 is 0. The van der Waals surface area contributed by atoms with E-state index in [9.17, 15) is 10.1 Å². The molecule has 0 aliphatic carbocycles. The van der Waals surface area contributed by atoms with Crippen LogP contribution < -0.4 is 5.32 Å². The van der Waals surface area contributed by atoms with Gasteiger partial charge < -0.3 is 10.1 Å². The lowest BCUT2D eigenvalue weighted by Crippen LogP contribution is -2.44. The molecule has 0 saturated carbocycles. The van der Waals surface area contributed by atoms with E-state index in [0.717, 1.165) is 5.56 Å². The molecule has 1 aromatic rings. The number of amides is 1. The zero-order chi connectivity index (χ0) is 15.5. The first kappa shape index (κ1) is 15.5. The second-order valence-corrected chi connectivity index (χ2v) is 5.79. The van der Waals surface area contributed by atoms with Gasteiger partial charge in [0.25, 0.3) is 0 Å². The maximum Gasteiger partial charge on any atom is 0.241 e. The lowest BCUT2D eigenvalue weighted by atomic mass is 9.80. The summed E-state index contributed by atoms with van der Waals surface area (Å²) in [5, 5.41) is 12.4. The van der Waals surface area contributed by atoms with Crippen molar-refractivity contribution in [3.05, 3.63) is 34.9 Å². The van der Waals surface area contributed by atoms with Gasteiger partial charge in [0.2, 0.25) is 5.91 Å². The Bertz CT molecular complexity index is 569. The summed E-state index contributed by atoms with van der Waals surface area (Å²) in [6.07, 6.45) is 0.934. The average molecular weight is 286 g/mol. The SMILES string of the molecule is Cc1cccc([C@H](C)NC(=O)C2(C#N)CCOCC2)c1C. The maximum atomic E-state index is 12.5. The number of ether oxygens (including phenoxy) is 1. The Hall–Kier alpha value is -1.86. The third-order valence-corrected chi connectivity index (χ3v) is 4.46. The van der Waals surface area contributed by atoms with Crippen LogP contribution in [0.2, 0.25) is 0 Å². The van der Waals surface area contributed by atoms with E-state index in [0.29, 0.717) is 26.1 Å². The molecule has 1 saturated heterocycles. The number of nitriles is 1. The molecule has 1 atom stereocenters. The number of aryl methyl sites for hydroxylation is 1. The predicted octanol–water partition coefficient (Wildman–Crippen LogP) is 2.80. The van der Waals surface area contributed by atoms with Gasteiger partial charge in [0.1, 0.15) is 5.41 Å². The quantitative estimate of drug-likeness (QED) is 0.929. The first-order valence-corrected chi connectivity index (χ1v) is 7.36. The molecule has 0 spiro atoms. The first-order valence-electron chi connectivity index (χ1n) is 7.36. The van der Waals surface area contributed by atoms with Crippen LogP contribution in [0.15, 0.2) is 18.2 Å². The molecule has 1 aliphatic heterocycles. The summed E-state index contributed by atoms with van der Waals surface area (Å²) in [5.41, 5.74) is 2.55. The van der Waals surface area contributed by atoms with Gasteiger partial charge in [0.15, 0.2) is 0 Å². The Morgan fingerprint density at radius 2 is 2.05 bits per heavy atom. The van der Waals surface area contributed by atoms with Gasteiger partial charge >= 0.3 is 0 Å². The lowest BCUT2D eigenvalue weighted by Gasteiger charge is -2.31. The standard InChI is InChI=1S/C17H22N2O2/c1-12-5-4-6-15(13(12)2)14(3)19-16(20)17(11-18)7-9-21-10-8-17/h4-6,14H,7-10H2,1-3H3,(H,19,20)/t14-/m0/s1. The summed E-state index contributed by atoms with van der Waals surface area (Å²) in [6.45, 7) is 7.02. The zero-order valence-electron chi connectivity index (χ0n) is 12.9. The predicted molar refractivity (Wildman–Crippen MR) is 80.6 cm³/mol. The summed E-state index contributed by atoms with van der Waals surface area (Å²) < 4.78 is 5.27. The molecule has 1 aliphatic rings. The number of nitrogens with one attached hydrogen (secondary N) is 1. The van der Waals surface area contributed by atoms with Crippen LogP contribution >= 0.6 is 0 Å². The minimum absolute atomic E-state index is 0.106. The van der Waals surface area contributed by atoms with Gasteiger partial charge in [0, 0.05) is 13.2 Å². The molecule has 4 nitrogen and oxygen atoms in total. The van der Waals surface area contributed by atoms with Crippen LogP contribution in [0.4, 0.5) is 0 Å². The van der Waals surface area contributed by atoms with Gasteiger partial charge in [-0.2, -0.15) is 5.26 Å². The van der Waals surface area contributed by atoms with Gasteiger partial charge in [-0.15, -0.1) is 0 Å². The smallest absolute Gasteiger partial charge is 0.241 e. The Balaban J connectivity index is 2.15. The molecule has 21 heavy (non-hydrogen) atoms. The Labute approximate surface area is 126 Å². The monoisotopic (exact) mass is 286 g/mol. The highest BCUT2D eigenvalue weighted by molar-refractivity contribution is 5.85. The van der Waals surface area contributed by atoms with Crippen molar-refractivity contribution in [1.29, 1.82) is 5.26 Å². The highest BCUT2D eigenvalue weighted by atomic mass is 16.5. The summed E-state index contributed by atoms with van der Waals surface area (Å²) in [6, 6.07) is 8.18. The number of hydrogen-bond donors (Lipinski definition) is 1. The highest BCUT2D eigenvalue weighted by Gasteiger charge is 2.41. The second kappa shape index (κ2) is 6.28. The van der Waals surface area contributed by atoms with Crippen molar-refractivity contribution in [3.8, 4) is 6.07 Å². The van der Waals surface area contributed by atoms with E-state index in [1.807, 2.05) is 19.1 Å². The summed E-state index contributed by atoms with van der Waals surface area (Å²) in [4.78, 5) is 12.5. The van der Waals surface area contributed by atoms with E-state index < -0.39 is 5.41 Å². The van der Waals surface area contributed by atoms with Crippen molar-refractivity contribution in [3.63, 3.8) is 0 Å². The zero-order valence-corrected chi connectivity index (χ0v) is 12.9. The molecule has 0 aromatic heterocycles. The number of carbonyl (C=O) groups excluding carboxylic acids is 1. The number of benzene rings is 1. The van der Waals surface area contributed by atoms with Gasteiger partial charge in [-0.3, -0.25) is 4.79 Å². The van der Waals surface area contributed by atoms with Crippen molar-refractivity contribution in [2.24, 2.45) is 5.41 Å². The molecule has 2 rings (SSSR count). The minimum atomic E-state index is -0.940. The number of carbonyl (C=O) groups is 1. The van der Waals surface area contributed by atoms with Crippen molar-refractivity contribution < 1.29 is 9.53 Å². The molecule has 0 bridgehead atoms. The lowest BCUT2D eigenvalue weighted by molar-refractivity contribution is -0.133. The fourth-order valence-corrected chi connectivity index (χ4v) is 2.76. The summed E-state index contributed by atoms with van der Waals surface area (Å²) in [7, 11) is 0. The summed E-state index contributed by atoms with van der Waals surface area (Å²) in [5.74, 6) is -0.179. The average Bonchev–Trinajstić information content (AvgIpc) is 2.50. The molecule has 112 valence electrons. The van der Waals surface area contributed by atoms with Crippen LogP contribution in [-0.2, 0) is 9.53 Å². The van der Waals surface area contributed by atoms with Gasteiger partial charge in [0.05, 0.1) is 12.1 Å². The molecule has 1 N–H and O–H groups in total. The third kappa shape index (κ3) is 3.08. The Kier molecular flexibility index (Phi) is 4.64. The van der Waals surface area contributed by atoms with E-state index >= 15 is 0 Å². The largest absolute Gasteiger partial charge is 0.381 e. The fourth-order valence-electron chi connectivity index (χ4n) is 2.76. The van der Waals surface area contributed by atoms with E-state index in [1.54, 1.807) is 0 Å². The molecule has 0 radical (unpaired) electrons. The van der Waals surface area contributed by atoms with Crippen molar-refractivity contribution >= 4 is 5.91 Å². The van der Waals surface area contributed by atoms with Gasteiger partial charge in [-0.05, 0) is 50.3 Å². The molecule has 1 aromatic carbocycles. The fraction of sp³-hybridized carbons (Fsp3) is 0.529. The Morgan fingerprint density at radius 3 is 2.67 bits per heavy atom. The second-order valence-electron chi connectivity index (χ2n) is 5.79. The van der Waals surface area contributed by atoms with Crippen LogP contribution in [0.25, 0.3) is 0 Å². The van der Waals surface area contributed by atoms with Gasteiger partial charge in [-0.1, -0.05) is 18.2 Å². The number of nitrogens with zero attached hydrogens (tertiary/aromatic N) is 1. The first-order chi connectivity index (χ1) is 10.00. The normalized spacial score (nSPS) is 18.6. The number of rotatable bonds is 3. The molecule has 1 heterocycles. The minimum Gasteiger partial charge on any atom is -0.381 e. The van der Waals surface area contributed by atoms with Crippen molar-refractivity contribution in [2.75, 3.05) is 13.2 Å². The maximum absolute atomic E-state index is 12.5. The molecular formula is C17H22N2O2. The molecule has 1 amide bonds. The highest BCUT2D eigenvalue weighted by Crippen LogP contribution is 2.31.